The molecule has 0 bridgehead atoms. The van der Waals surface area contributed by atoms with E-state index in [2.05, 4.69) is 15.0 Å². The SMILES string of the molecule is O=C(O)[C@@H]1CN(C(=O)NCc2ccnc(OC(F)F)c2)C[C@H]1C(F)(F)F. The molecule has 144 valence electrons. The molecule has 2 rings (SSSR count). The molecule has 1 aromatic rings. The Morgan fingerprint density at radius 2 is 2.08 bits per heavy atom. The number of alkyl halides is 5. The Bertz CT molecular complexity index is 670. The summed E-state index contributed by atoms with van der Waals surface area (Å²) in [6, 6.07) is 1.63. The van der Waals surface area contributed by atoms with Gasteiger partial charge in [-0.15, -0.1) is 0 Å². The van der Waals surface area contributed by atoms with Gasteiger partial charge in [0.1, 0.15) is 0 Å². The van der Waals surface area contributed by atoms with Crippen molar-refractivity contribution in [3.05, 3.63) is 23.9 Å². The molecule has 0 aromatic carbocycles. The second-order valence-electron chi connectivity index (χ2n) is 5.54. The van der Waals surface area contributed by atoms with Crippen molar-refractivity contribution >= 4 is 12.0 Å². The Kier molecular flexibility index (Phi) is 5.83. The predicted octanol–water partition coefficient (Wildman–Crippen LogP) is 2.09. The number of carboxylic acids is 1. The third-order valence-corrected chi connectivity index (χ3v) is 3.80. The predicted molar refractivity (Wildman–Crippen MR) is 75.3 cm³/mol. The van der Waals surface area contributed by atoms with Crippen LogP contribution in [0.4, 0.5) is 26.7 Å². The number of aromatic nitrogens is 1. The van der Waals surface area contributed by atoms with Gasteiger partial charge in [-0.3, -0.25) is 4.79 Å². The van der Waals surface area contributed by atoms with E-state index in [9.17, 15) is 31.5 Å². The maximum Gasteiger partial charge on any atom is 0.394 e. The molecule has 1 aromatic heterocycles. The fraction of sp³-hybridized carbons (Fsp3) is 0.500. The summed E-state index contributed by atoms with van der Waals surface area (Å²) in [6.45, 7) is -4.63. The van der Waals surface area contributed by atoms with Crippen LogP contribution in [-0.2, 0) is 11.3 Å². The topological polar surface area (TPSA) is 91.8 Å². The van der Waals surface area contributed by atoms with Crippen LogP contribution in [0.25, 0.3) is 0 Å². The number of carboxylic acid groups (broad SMARTS) is 1. The number of aliphatic carboxylic acids is 1. The van der Waals surface area contributed by atoms with Crippen LogP contribution in [0.15, 0.2) is 18.3 Å². The summed E-state index contributed by atoms with van der Waals surface area (Å²) in [5.41, 5.74) is 0.324. The number of nitrogens with one attached hydrogen (secondary N) is 1. The average Bonchev–Trinajstić information content (AvgIpc) is 2.98. The summed E-state index contributed by atoms with van der Waals surface area (Å²) in [5.74, 6) is -5.91. The average molecular weight is 383 g/mol. The second kappa shape index (κ2) is 7.70. The van der Waals surface area contributed by atoms with E-state index in [1.54, 1.807) is 0 Å². The minimum Gasteiger partial charge on any atom is -0.481 e. The molecular formula is C14H14F5N3O4. The van der Waals surface area contributed by atoms with Crippen LogP contribution in [0.1, 0.15) is 5.56 Å². The zero-order valence-corrected chi connectivity index (χ0v) is 13.0. The number of carbonyl (C=O) groups is 2. The number of likely N-dealkylation sites (tertiary alicyclic amines) is 1. The maximum absolute atomic E-state index is 12.9. The van der Waals surface area contributed by atoms with Crippen molar-refractivity contribution in [2.75, 3.05) is 13.1 Å². The number of hydrogen-bond donors (Lipinski definition) is 2. The van der Waals surface area contributed by atoms with Crippen molar-refractivity contribution in [1.82, 2.24) is 15.2 Å². The van der Waals surface area contributed by atoms with E-state index in [0.717, 1.165) is 17.2 Å². The molecule has 0 spiro atoms. The first-order valence-corrected chi connectivity index (χ1v) is 7.30. The van der Waals surface area contributed by atoms with Crippen LogP contribution in [0, 0.1) is 11.8 Å². The number of halogens is 5. The first kappa shape index (κ1) is 19.7. The lowest BCUT2D eigenvalue weighted by atomic mass is 9.96. The third kappa shape index (κ3) is 4.92. The summed E-state index contributed by atoms with van der Waals surface area (Å²) >= 11 is 0. The number of rotatable bonds is 5. The molecule has 2 atom stereocenters. The lowest BCUT2D eigenvalue weighted by Crippen LogP contribution is -2.39. The molecular weight excluding hydrogens is 369 g/mol. The van der Waals surface area contributed by atoms with Crippen LogP contribution in [0.2, 0.25) is 0 Å². The van der Waals surface area contributed by atoms with E-state index < -0.39 is 49.7 Å². The minimum absolute atomic E-state index is 0.189. The molecule has 12 heteroatoms. The molecule has 7 nitrogen and oxygen atoms in total. The van der Waals surface area contributed by atoms with Gasteiger partial charge in [-0.05, 0) is 11.6 Å². The molecule has 2 amide bonds. The first-order valence-electron chi connectivity index (χ1n) is 7.30. The fourth-order valence-electron chi connectivity index (χ4n) is 2.56. The zero-order valence-electron chi connectivity index (χ0n) is 13.0. The van der Waals surface area contributed by atoms with Gasteiger partial charge in [-0.25, -0.2) is 9.78 Å². The minimum atomic E-state index is -4.75. The lowest BCUT2D eigenvalue weighted by Gasteiger charge is -2.18. The van der Waals surface area contributed by atoms with Gasteiger partial charge < -0.3 is 20.1 Å². The third-order valence-electron chi connectivity index (χ3n) is 3.80. The summed E-state index contributed by atoms with van der Waals surface area (Å²) in [7, 11) is 0. The van der Waals surface area contributed by atoms with Gasteiger partial charge in [-0.1, -0.05) is 0 Å². The van der Waals surface area contributed by atoms with Crippen LogP contribution in [0.3, 0.4) is 0 Å². The molecule has 1 saturated heterocycles. The summed E-state index contributed by atoms with van der Waals surface area (Å²) < 4.78 is 67.1. The molecule has 26 heavy (non-hydrogen) atoms. The smallest absolute Gasteiger partial charge is 0.394 e. The van der Waals surface area contributed by atoms with E-state index in [1.165, 1.54) is 6.07 Å². The van der Waals surface area contributed by atoms with E-state index in [0.29, 0.717) is 5.56 Å². The number of nitrogens with zero attached hydrogens (tertiary/aromatic N) is 2. The zero-order chi connectivity index (χ0) is 19.5. The van der Waals surface area contributed by atoms with Crippen molar-refractivity contribution in [1.29, 1.82) is 0 Å². The highest BCUT2D eigenvalue weighted by molar-refractivity contribution is 5.77. The van der Waals surface area contributed by atoms with Gasteiger partial charge >= 0.3 is 24.8 Å². The Morgan fingerprint density at radius 3 is 2.62 bits per heavy atom. The highest BCUT2D eigenvalue weighted by Gasteiger charge is 2.53. The van der Waals surface area contributed by atoms with Crippen LogP contribution >= 0.6 is 0 Å². The molecule has 0 saturated carbocycles. The van der Waals surface area contributed by atoms with Crippen LogP contribution in [-0.4, -0.2) is 52.9 Å². The van der Waals surface area contributed by atoms with Gasteiger partial charge in [0.2, 0.25) is 5.88 Å². The second-order valence-corrected chi connectivity index (χ2v) is 5.54. The molecule has 1 aliphatic rings. The van der Waals surface area contributed by atoms with Crippen molar-refractivity contribution in [3.63, 3.8) is 0 Å². The van der Waals surface area contributed by atoms with E-state index in [4.69, 9.17) is 5.11 Å². The molecule has 0 radical (unpaired) electrons. The number of carbonyl (C=O) groups excluding carboxylic acids is 1. The van der Waals surface area contributed by atoms with E-state index >= 15 is 0 Å². The Balaban J connectivity index is 1.97. The first-order chi connectivity index (χ1) is 12.1. The lowest BCUT2D eigenvalue weighted by molar-refractivity contribution is -0.187. The molecule has 2 heterocycles. The van der Waals surface area contributed by atoms with E-state index in [1.807, 2.05) is 0 Å². The van der Waals surface area contributed by atoms with Gasteiger partial charge in [-0.2, -0.15) is 22.0 Å². The van der Waals surface area contributed by atoms with Gasteiger partial charge in [0.25, 0.3) is 0 Å². The van der Waals surface area contributed by atoms with Crippen molar-refractivity contribution in [2.24, 2.45) is 11.8 Å². The van der Waals surface area contributed by atoms with E-state index in [-0.39, 0.29) is 12.4 Å². The molecule has 0 unspecified atom stereocenters. The standard InChI is InChI=1S/C14H14F5N3O4/c15-12(16)26-10-3-7(1-2-20-10)4-21-13(25)22-5-8(11(23)24)9(6-22)14(17,18)19/h1-3,8-9,12H,4-6H2,(H,21,25)(H,23,24)/t8-,9-/m1/s1. The Hall–Kier alpha value is -2.66. The highest BCUT2D eigenvalue weighted by atomic mass is 19.4. The molecule has 1 aliphatic heterocycles. The van der Waals surface area contributed by atoms with Crippen molar-refractivity contribution in [2.45, 2.75) is 19.3 Å². The maximum atomic E-state index is 12.9. The fourth-order valence-corrected chi connectivity index (χ4v) is 2.56. The Labute approximate surface area is 143 Å². The summed E-state index contributed by atoms with van der Waals surface area (Å²) in [4.78, 5) is 27.3. The quantitative estimate of drug-likeness (QED) is 0.760. The number of amides is 2. The molecule has 2 N–H and O–H groups in total. The Morgan fingerprint density at radius 1 is 1.38 bits per heavy atom. The summed E-state index contributed by atoms with van der Waals surface area (Å²) in [6.07, 6.45) is -3.58. The highest BCUT2D eigenvalue weighted by Crippen LogP contribution is 2.37. The van der Waals surface area contributed by atoms with Crippen molar-refractivity contribution < 1.29 is 41.4 Å². The summed E-state index contributed by atoms with van der Waals surface area (Å²) in [5, 5.41) is 11.2. The number of urea groups is 1. The number of pyridine rings is 1. The molecule has 1 fully saturated rings. The van der Waals surface area contributed by atoms with Crippen LogP contribution in [0.5, 0.6) is 5.88 Å². The normalized spacial score (nSPS) is 20.3. The van der Waals surface area contributed by atoms with Gasteiger partial charge in [0.05, 0.1) is 11.8 Å². The number of ether oxygens (including phenoxy) is 1. The van der Waals surface area contributed by atoms with Crippen molar-refractivity contribution in [3.8, 4) is 5.88 Å². The monoisotopic (exact) mass is 383 g/mol. The van der Waals surface area contributed by atoms with Gasteiger partial charge in [0, 0.05) is 31.9 Å². The van der Waals surface area contributed by atoms with Crippen LogP contribution < -0.4 is 10.1 Å². The van der Waals surface area contributed by atoms with Gasteiger partial charge in [0.15, 0.2) is 0 Å². The largest absolute Gasteiger partial charge is 0.481 e. The molecule has 0 aliphatic carbocycles. The number of hydrogen-bond acceptors (Lipinski definition) is 4.